The average Bonchev–Trinajstić information content (AvgIpc) is 3.06. The molecule has 0 amide bonds. The second-order valence-corrected chi connectivity index (χ2v) is 6.83. The fourth-order valence-electron chi connectivity index (χ4n) is 3.47. The number of aromatic nitrogens is 2. The molecule has 1 aliphatic rings. The van der Waals surface area contributed by atoms with E-state index < -0.39 is 10.9 Å². The van der Waals surface area contributed by atoms with Crippen LogP contribution in [0.3, 0.4) is 0 Å². The van der Waals surface area contributed by atoms with Gasteiger partial charge in [-0.25, -0.2) is 9.48 Å². The number of hydrogen-bond donors (Lipinski definition) is 0. The first kappa shape index (κ1) is 19.6. The number of carbonyl (C=O) groups excluding carboxylic acids is 1. The molecule has 0 saturated heterocycles. The van der Waals surface area contributed by atoms with E-state index in [9.17, 15) is 14.9 Å². The number of fused-ring (bicyclic) bond motifs is 1. The van der Waals surface area contributed by atoms with Gasteiger partial charge in [-0.1, -0.05) is 18.2 Å². The van der Waals surface area contributed by atoms with E-state index in [-0.39, 0.29) is 25.7 Å². The van der Waals surface area contributed by atoms with Crippen molar-refractivity contribution in [3.05, 3.63) is 80.7 Å². The van der Waals surface area contributed by atoms with Gasteiger partial charge in [-0.3, -0.25) is 10.1 Å². The maximum absolute atomic E-state index is 12.8. The number of nitro benzene ring substituents is 1. The zero-order valence-corrected chi connectivity index (χ0v) is 16.5. The molecule has 9 heteroatoms. The number of carbonyl (C=O) groups is 1. The molecule has 1 aromatic heterocycles. The number of benzene rings is 2. The number of ether oxygens (including phenoxy) is 3. The van der Waals surface area contributed by atoms with Crippen LogP contribution in [0.2, 0.25) is 0 Å². The zero-order valence-electron chi connectivity index (χ0n) is 16.5. The SMILES string of the molecule is Cc1nn(-c2ccccc2)c(C)c1C(=O)OCc1cc([N+](=O)[O-])cc2c1OCOC2. The number of para-hydroxylation sites is 1. The van der Waals surface area contributed by atoms with Gasteiger partial charge in [0.25, 0.3) is 5.69 Å². The molecule has 4 rings (SSSR count). The lowest BCUT2D eigenvalue weighted by Gasteiger charge is -2.20. The molecule has 30 heavy (non-hydrogen) atoms. The second-order valence-electron chi connectivity index (χ2n) is 6.83. The van der Waals surface area contributed by atoms with Gasteiger partial charge in [-0.2, -0.15) is 5.10 Å². The van der Waals surface area contributed by atoms with E-state index in [2.05, 4.69) is 5.10 Å². The average molecular weight is 409 g/mol. The predicted octanol–water partition coefficient (Wildman–Crippen LogP) is 3.62. The number of hydrogen-bond acceptors (Lipinski definition) is 7. The lowest BCUT2D eigenvalue weighted by molar-refractivity contribution is -0.385. The van der Waals surface area contributed by atoms with Crippen LogP contribution in [0.25, 0.3) is 5.69 Å². The summed E-state index contributed by atoms with van der Waals surface area (Å²) in [4.78, 5) is 23.5. The van der Waals surface area contributed by atoms with Gasteiger partial charge in [0.2, 0.25) is 0 Å². The number of non-ortho nitro benzene ring substituents is 1. The molecule has 0 spiro atoms. The molecule has 154 valence electrons. The van der Waals surface area contributed by atoms with Gasteiger partial charge in [0.1, 0.15) is 17.9 Å². The zero-order chi connectivity index (χ0) is 21.3. The topological polar surface area (TPSA) is 106 Å². The highest BCUT2D eigenvalue weighted by Crippen LogP contribution is 2.33. The Morgan fingerprint density at radius 3 is 2.77 bits per heavy atom. The molecular formula is C21H19N3O6. The van der Waals surface area contributed by atoms with Gasteiger partial charge in [-0.05, 0) is 26.0 Å². The van der Waals surface area contributed by atoms with Gasteiger partial charge >= 0.3 is 5.97 Å². The van der Waals surface area contributed by atoms with E-state index in [1.54, 1.807) is 18.5 Å². The third-order valence-corrected chi connectivity index (χ3v) is 4.84. The van der Waals surface area contributed by atoms with Crippen LogP contribution in [0, 0.1) is 24.0 Å². The Morgan fingerprint density at radius 1 is 1.27 bits per heavy atom. The van der Waals surface area contributed by atoms with Crippen molar-refractivity contribution in [1.29, 1.82) is 0 Å². The van der Waals surface area contributed by atoms with Crippen LogP contribution in [0.5, 0.6) is 5.75 Å². The first-order valence-corrected chi connectivity index (χ1v) is 9.25. The molecule has 2 heterocycles. The molecule has 1 aliphatic heterocycles. The van der Waals surface area contributed by atoms with Crippen LogP contribution in [0.4, 0.5) is 5.69 Å². The summed E-state index contributed by atoms with van der Waals surface area (Å²) in [6, 6.07) is 12.2. The number of nitrogens with zero attached hydrogens (tertiary/aromatic N) is 3. The highest BCUT2D eigenvalue weighted by Gasteiger charge is 2.24. The normalized spacial score (nSPS) is 12.7. The van der Waals surface area contributed by atoms with Crippen LogP contribution in [0.15, 0.2) is 42.5 Å². The van der Waals surface area contributed by atoms with Crippen molar-refractivity contribution in [3.8, 4) is 11.4 Å². The van der Waals surface area contributed by atoms with Gasteiger partial charge in [0.05, 0.1) is 28.6 Å². The van der Waals surface area contributed by atoms with Crippen LogP contribution in [-0.2, 0) is 22.7 Å². The third kappa shape index (κ3) is 3.62. The molecule has 9 nitrogen and oxygen atoms in total. The van der Waals surface area contributed by atoms with Gasteiger partial charge in [-0.15, -0.1) is 0 Å². The summed E-state index contributed by atoms with van der Waals surface area (Å²) >= 11 is 0. The second kappa shape index (κ2) is 7.96. The van der Waals surface area contributed by atoms with Gasteiger partial charge < -0.3 is 14.2 Å². The maximum atomic E-state index is 12.8. The van der Waals surface area contributed by atoms with Crippen molar-refractivity contribution in [2.75, 3.05) is 6.79 Å². The monoisotopic (exact) mass is 409 g/mol. The van der Waals surface area contributed by atoms with Crippen molar-refractivity contribution in [2.24, 2.45) is 0 Å². The Hall–Kier alpha value is -3.72. The molecular weight excluding hydrogens is 390 g/mol. The summed E-state index contributed by atoms with van der Waals surface area (Å²) in [6.45, 7) is 3.59. The molecule has 0 radical (unpaired) electrons. The number of esters is 1. The molecule has 0 N–H and O–H groups in total. The van der Waals surface area contributed by atoms with Crippen molar-refractivity contribution in [1.82, 2.24) is 9.78 Å². The molecule has 3 aromatic rings. The Bertz CT molecular complexity index is 1120. The fourth-order valence-corrected chi connectivity index (χ4v) is 3.47. The van der Waals surface area contributed by atoms with Crippen molar-refractivity contribution in [3.63, 3.8) is 0 Å². The number of nitro groups is 1. The lowest BCUT2D eigenvalue weighted by atomic mass is 10.1. The predicted molar refractivity (Wildman–Crippen MR) is 106 cm³/mol. The largest absolute Gasteiger partial charge is 0.467 e. The molecule has 2 aromatic carbocycles. The molecule has 0 fully saturated rings. The Labute approximate surface area is 171 Å². The Kier molecular flexibility index (Phi) is 5.20. The molecule has 0 unspecified atom stereocenters. The minimum absolute atomic E-state index is 0.0355. The van der Waals surface area contributed by atoms with Crippen molar-refractivity contribution < 1.29 is 23.9 Å². The minimum atomic E-state index is -0.556. The smallest absolute Gasteiger partial charge is 0.342 e. The quantitative estimate of drug-likeness (QED) is 0.360. The van der Waals surface area contributed by atoms with Crippen LogP contribution in [-0.4, -0.2) is 27.5 Å². The number of rotatable bonds is 5. The highest BCUT2D eigenvalue weighted by molar-refractivity contribution is 5.92. The molecule has 0 saturated carbocycles. The third-order valence-electron chi connectivity index (χ3n) is 4.84. The Morgan fingerprint density at radius 2 is 2.03 bits per heavy atom. The summed E-state index contributed by atoms with van der Waals surface area (Å²) in [5.41, 5.74) is 3.23. The van der Waals surface area contributed by atoms with Crippen LogP contribution >= 0.6 is 0 Å². The number of aryl methyl sites for hydroxylation is 1. The van der Waals surface area contributed by atoms with Gasteiger partial charge in [0.15, 0.2) is 6.79 Å². The van der Waals surface area contributed by atoms with E-state index in [0.717, 1.165) is 5.69 Å². The Balaban J connectivity index is 1.60. The first-order chi connectivity index (χ1) is 14.5. The van der Waals surface area contributed by atoms with Crippen molar-refractivity contribution in [2.45, 2.75) is 27.1 Å². The maximum Gasteiger partial charge on any atom is 0.342 e. The fraction of sp³-hybridized carbons (Fsp3) is 0.238. The summed E-state index contributed by atoms with van der Waals surface area (Å²) in [6.07, 6.45) is 0. The van der Waals surface area contributed by atoms with E-state index in [1.807, 2.05) is 30.3 Å². The van der Waals surface area contributed by atoms with E-state index in [1.165, 1.54) is 12.1 Å². The standard InChI is InChI=1S/C21H19N3O6/c1-13-19(14(2)23(22-13)17-6-4-3-5-7-17)21(25)29-11-16-9-18(24(26)27)8-15-10-28-12-30-20(15)16/h3-9H,10-12H2,1-2H3. The van der Waals surface area contributed by atoms with Crippen molar-refractivity contribution >= 4 is 11.7 Å². The molecule has 0 aliphatic carbocycles. The van der Waals surface area contributed by atoms with E-state index >= 15 is 0 Å². The summed E-state index contributed by atoms with van der Waals surface area (Å²) in [5, 5.41) is 15.7. The van der Waals surface area contributed by atoms with E-state index in [0.29, 0.717) is 33.8 Å². The summed E-state index contributed by atoms with van der Waals surface area (Å²) in [7, 11) is 0. The summed E-state index contributed by atoms with van der Waals surface area (Å²) in [5.74, 6) is -0.104. The minimum Gasteiger partial charge on any atom is -0.467 e. The molecule has 0 bridgehead atoms. The summed E-state index contributed by atoms with van der Waals surface area (Å²) < 4.78 is 17.8. The highest BCUT2D eigenvalue weighted by atomic mass is 16.7. The molecule has 0 atom stereocenters. The van der Waals surface area contributed by atoms with E-state index in [4.69, 9.17) is 14.2 Å². The first-order valence-electron chi connectivity index (χ1n) is 9.25. The van der Waals surface area contributed by atoms with Crippen LogP contribution < -0.4 is 4.74 Å². The van der Waals surface area contributed by atoms with Gasteiger partial charge in [0, 0.05) is 23.3 Å². The lowest BCUT2D eigenvalue weighted by Crippen LogP contribution is -2.15. The van der Waals surface area contributed by atoms with Crippen LogP contribution in [0.1, 0.15) is 32.9 Å².